The van der Waals surface area contributed by atoms with Gasteiger partial charge in [-0.15, -0.1) is 11.3 Å². The van der Waals surface area contributed by atoms with E-state index in [0.29, 0.717) is 23.8 Å². The Hall–Kier alpha value is -2.70. The van der Waals surface area contributed by atoms with Crippen LogP contribution >= 0.6 is 11.3 Å². The summed E-state index contributed by atoms with van der Waals surface area (Å²) in [6, 6.07) is 15.3. The van der Waals surface area contributed by atoms with Gasteiger partial charge in [0.15, 0.2) is 5.13 Å². The maximum absolute atomic E-state index is 13.0. The van der Waals surface area contributed by atoms with Crippen LogP contribution in [0.25, 0.3) is 11.3 Å². The zero-order valence-electron chi connectivity index (χ0n) is 15.6. The summed E-state index contributed by atoms with van der Waals surface area (Å²) in [6.45, 7) is 2.88. The molecule has 0 N–H and O–H groups in total. The Balaban J connectivity index is 1.87. The summed E-state index contributed by atoms with van der Waals surface area (Å²) in [4.78, 5) is 19.4. The highest BCUT2D eigenvalue weighted by atomic mass is 32.1. The summed E-state index contributed by atoms with van der Waals surface area (Å²) in [5, 5.41) is 2.61. The number of thiazole rings is 1. The smallest absolute Gasteiger partial charge is 0.260 e. The number of rotatable bonds is 7. The highest BCUT2D eigenvalue weighted by Crippen LogP contribution is 2.29. The second kappa shape index (κ2) is 8.79. The maximum Gasteiger partial charge on any atom is 0.260 e. The van der Waals surface area contributed by atoms with Gasteiger partial charge < -0.3 is 9.47 Å². The van der Waals surface area contributed by atoms with Crippen LogP contribution in [0.15, 0.2) is 53.9 Å². The molecule has 0 saturated carbocycles. The number of aryl methyl sites for hydroxylation is 1. The van der Waals surface area contributed by atoms with E-state index in [1.54, 1.807) is 19.1 Å². The van der Waals surface area contributed by atoms with Crippen LogP contribution in [-0.2, 0) is 4.74 Å². The van der Waals surface area contributed by atoms with Gasteiger partial charge in [-0.25, -0.2) is 4.98 Å². The number of anilines is 1. The molecule has 0 fully saturated rings. The molecule has 0 aliphatic heterocycles. The molecule has 6 heteroatoms. The van der Waals surface area contributed by atoms with E-state index >= 15 is 0 Å². The lowest BCUT2D eigenvalue weighted by Gasteiger charge is -2.19. The molecule has 1 heterocycles. The third-order valence-electron chi connectivity index (χ3n) is 4.17. The molecular formula is C21H22N2O3S. The topological polar surface area (TPSA) is 51.7 Å². The van der Waals surface area contributed by atoms with Gasteiger partial charge >= 0.3 is 0 Å². The van der Waals surface area contributed by atoms with Gasteiger partial charge in [0.2, 0.25) is 0 Å². The second-order valence-electron chi connectivity index (χ2n) is 6.06. The first kappa shape index (κ1) is 19.1. The number of methoxy groups -OCH3 is 2. The molecule has 0 bridgehead atoms. The molecule has 0 aliphatic rings. The van der Waals surface area contributed by atoms with Gasteiger partial charge in [0, 0.05) is 23.6 Å². The zero-order valence-corrected chi connectivity index (χ0v) is 16.5. The van der Waals surface area contributed by atoms with Crippen LogP contribution < -0.4 is 9.64 Å². The average Bonchev–Trinajstić information content (AvgIpc) is 3.18. The molecule has 0 atom stereocenters. The van der Waals surface area contributed by atoms with E-state index in [-0.39, 0.29) is 5.91 Å². The van der Waals surface area contributed by atoms with Crippen molar-refractivity contribution in [1.82, 2.24) is 4.98 Å². The van der Waals surface area contributed by atoms with Crippen molar-refractivity contribution in [2.45, 2.75) is 6.92 Å². The minimum absolute atomic E-state index is 0.0809. The number of amides is 1. The fourth-order valence-electron chi connectivity index (χ4n) is 2.60. The van der Waals surface area contributed by atoms with E-state index in [1.165, 1.54) is 11.3 Å². The predicted octanol–water partition coefficient (Wildman–Crippen LogP) is 4.42. The molecule has 0 aliphatic carbocycles. The fourth-order valence-corrected chi connectivity index (χ4v) is 3.46. The van der Waals surface area contributed by atoms with E-state index in [1.807, 2.05) is 60.8 Å². The molecule has 2 aromatic carbocycles. The van der Waals surface area contributed by atoms with E-state index in [4.69, 9.17) is 9.47 Å². The van der Waals surface area contributed by atoms with E-state index < -0.39 is 0 Å². The molecule has 5 nitrogen and oxygen atoms in total. The van der Waals surface area contributed by atoms with Crippen molar-refractivity contribution >= 4 is 22.4 Å². The summed E-state index contributed by atoms with van der Waals surface area (Å²) in [5.74, 6) is 0.716. The van der Waals surface area contributed by atoms with Gasteiger partial charge in [0.1, 0.15) is 5.75 Å². The first-order valence-corrected chi connectivity index (χ1v) is 9.47. The minimum Gasteiger partial charge on any atom is -0.497 e. The van der Waals surface area contributed by atoms with Gasteiger partial charge in [-0.1, -0.05) is 17.7 Å². The lowest BCUT2D eigenvalue weighted by molar-refractivity contribution is 0.0976. The summed E-state index contributed by atoms with van der Waals surface area (Å²) in [7, 11) is 3.26. The molecule has 0 unspecified atom stereocenters. The Morgan fingerprint density at radius 3 is 2.41 bits per heavy atom. The molecule has 1 amide bonds. The number of benzene rings is 2. The van der Waals surface area contributed by atoms with Crippen molar-refractivity contribution in [2.75, 3.05) is 32.3 Å². The van der Waals surface area contributed by atoms with Crippen LogP contribution in [-0.4, -0.2) is 38.3 Å². The van der Waals surface area contributed by atoms with Crippen LogP contribution in [0.5, 0.6) is 5.75 Å². The Morgan fingerprint density at radius 1 is 1.07 bits per heavy atom. The van der Waals surface area contributed by atoms with Gasteiger partial charge in [0.25, 0.3) is 5.91 Å². The number of carbonyl (C=O) groups is 1. The summed E-state index contributed by atoms with van der Waals surface area (Å²) in [6.07, 6.45) is 0. The highest BCUT2D eigenvalue weighted by Gasteiger charge is 2.21. The summed E-state index contributed by atoms with van der Waals surface area (Å²) < 4.78 is 10.4. The molecular weight excluding hydrogens is 360 g/mol. The van der Waals surface area contributed by atoms with Crippen molar-refractivity contribution in [3.63, 3.8) is 0 Å². The summed E-state index contributed by atoms with van der Waals surface area (Å²) in [5.41, 5.74) is 3.56. The molecule has 27 heavy (non-hydrogen) atoms. The Labute approximate surface area is 163 Å². The Bertz CT molecular complexity index is 889. The van der Waals surface area contributed by atoms with Crippen molar-refractivity contribution in [2.24, 2.45) is 0 Å². The van der Waals surface area contributed by atoms with Gasteiger partial charge in [-0.05, 0) is 43.3 Å². The lowest BCUT2D eigenvalue weighted by atomic mass is 10.1. The quantitative estimate of drug-likeness (QED) is 0.607. The van der Waals surface area contributed by atoms with Crippen LogP contribution in [0.1, 0.15) is 15.9 Å². The van der Waals surface area contributed by atoms with Crippen LogP contribution in [0.3, 0.4) is 0 Å². The van der Waals surface area contributed by atoms with Crippen LogP contribution in [0.2, 0.25) is 0 Å². The number of hydrogen-bond acceptors (Lipinski definition) is 5. The molecule has 3 rings (SSSR count). The Kier molecular flexibility index (Phi) is 6.21. The number of hydrogen-bond donors (Lipinski definition) is 0. The van der Waals surface area contributed by atoms with Gasteiger partial charge in [-0.3, -0.25) is 9.69 Å². The SMILES string of the molecule is COCCN(C(=O)c1ccc(C)cc1)c1nc(-c2ccc(OC)cc2)cs1. The number of ether oxygens (including phenoxy) is 2. The second-order valence-corrected chi connectivity index (χ2v) is 6.90. The first-order valence-electron chi connectivity index (χ1n) is 8.60. The molecule has 0 saturated heterocycles. The molecule has 3 aromatic rings. The molecule has 0 radical (unpaired) electrons. The summed E-state index contributed by atoms with van der Waals surface area (Å²) >= 11 is 1.45. The molecule has 1 aromatic heterocycles. The maximum atomic E-state index is 13.0. The minimum atomic E-state index is -0.0809. The van der Waals surface area contributed by atoms with Crippen molar-refractivity contribution in [1.29, 1.82) is 0 Å². The van der Waals surface area contributed by atoms with Crippen LogP contribution in [0.4, 0.5) is 5.13 Å². The zero-order chi connectivity index (χ0) is 19.2. The molecule has 0 spiro atoms. The van der Waals surface area contributed by atoms with Crippen molar-refractivity contribution in [3.05, 3.63) is 65.0 Å². The highest BCUT2D eigenvalue weighted by molar-refractivity contribution is 7.14. The standard InChI is InChI=1S/C21H22N2O3S/c1-15-4-6-17(7-5-15)20(24)23(12-13-25-2)21-22-19(14-27-21)16-8-10-18(26-3)11-9-16/h4-11,14H,12-13H2,1-3H3. The van der Waals surface area contributed by atoms with E-state index in [0.717, 1.165) is 22.6 Å². The third-order valence-corrected chi connectivity index (χ3v) is 5.04. The number of aromatic nitrogens is 1. The van der Waals surface area contributed by atoms with Crippen molar-refractivity contribution in [3.8, 4) is 17.0 Å². The van der Waals surface area contributed by atoms with Crippen LogP contribution in [0, 0.1) is 6.92 Å². The van der Waals surface area contributed by atoms with Gasteiger partial charge in [-0.2, -0.15) is 0 Å². The predicted molar refractivity (Wildman–Crippen MR) is 109 cm³/mol. The number of nitrogens with zero attached hydrogens (tertiary/aromatic N) is 2. The number of carbonyl (C=O) groups excluding carboxylic acids is 1. The third kappa shape index (κ3) is 4.53. The Morgan fingerprint density at radius 2 is 1.78 bits per heavy atom. The normalized spacial score (nSPS) is 10.6. The fraction of sp³-hybridized carbons (Fsp3) is 0.238. The van der Waals surface area contributed by atoms with E-state index in [9.17, 15) is 4.79 Å². The monoisotopic (exact) mass is 382 g/mol. The average molecular weight is 382 g/mol. The van der Waals surface area contributed by atoms with Gasteiger partial charge in [0.05, 0.1) is 26.0 Å². The largest absolute Gasteiger partial charge is 0.497 e. The van der Waals surface area contributed by atoms with Crippen molar-refractivity contribution < 1.29 is 14.3 Å². The van der Waals surface area contributed by atoms with E-state index in [2.05, 4.69) is 4.98 Å². The molecule has 140 valence electrons. The lowest BCUT2D eigenvalue weighted by Crippen LogP contribution is -2.33. The first-order chi connectivity index (χ1) is 13.1.